The van der Waals surface area contributed by atoms with E-state index < -0.39 is 0 Å². The minimum Gasteiger partial charge on any atom is -0.489 e. The number of nitriles is 1. The summed E-state index contributed by atoms with van der Waals surface area (Å²) >= 11 is 0. The van der Waals surface area contributed by atoms with Crippen LogP contribution in [0.1, 0.15) is 36.0 Å². The number of hydrogen-bond acceptors (Lipinski definition) is 4. The monoisotopic (exact) mass is 481 g/mol. The molecule has 3 N–H and O–H groups in total. The predicted octanol–water partition coefficient (Wildman–Crippen LogP) is 5.02. The average Bonchev–Trinajstić information content (AvgIpc) is 2.93. The summed E-state index contributed by atoms with van der Waals surface area (Å²) in [5.74, 6) is 2.37. The molecule has 0 amide bonds. The number of ether oxygens (including phenoxy) is 1. The molecule has 0 spiro atoms. The van der Waals surface area contributed by atoms with Crippen molar-refractivity contribution >= 4 is 11.6 Å². The fourth-order valence-corrected chi connectivity index (χ4v) is 4.48. The molecule has 0 unspecified atom stereocenters. The molecule has 0 bridgehead atoms. The number of aliphatic imine (C=N–C) groups is 1. The van der Waals surface area contributed by atoms with Gasteiger partial charge in [-0.2, -0.15) is 5.26 Å². The summed E-state index contributed by atoms with van der Waals surface area (Å²) in [4.78, 5) is 7.30. The number of likely N-dealkylation sites (tertiary alicyclic amines) is 1. The first-order valence-corrected chi connectivity index (χ1v) is 12.8. The van der Waals surface area contributed by atoms with Crippen LogP contribution < -0.4 is 15.8 Å². The quantitative estimate of drug-likeness (QED) is 0.255. The highest BCUT2D eigenvalue weighted by atomic mass is 16.5. The van der Waals surface area contributed by atoms with Gasteiger partial charge in [0, 0.05) is 25.2 Å². The van der Waals surface area contributed by atoms with Crippen molar-refractivity contribution in [2.75, 3.05) is 26.2 Å². The van der Waals surface area contributed by atoms with Crippen molar-refractivity contribution in [1.82, 2.24) is 10.2 Å². The highest BCUT2D eigenvalue weighted by Gasteiger charge is 2.22. The van der Waals surface area contributed by atoms with E-state index in [1.54, 1.807) is 6.07 Å². The van der Waals surface area contributed by atoms with E-state index in [9.17, 15) is 5.26 Å². The third-order valence-electron chi connectivity index (χ3n) is 6.55. The minimum absolute atomic E-state index is 0.357. The second-order valence-corrected chi connectivity index (χ2v) is 9.18. The third kappa shape index (κ3) is 7.34. The number of rotatable bonds is 9. The van der Waals surface area contributed by atoms with Gasteiger partial charge in [-0.05, 0) is 74.0 Å². The first-order valence-electron chi connectivity index (χ1n) is 12.8. The average molecular weight is 482 g/mol. The number of piperidine rings is 1. The Morgan fingerprint density at radius 3 is 2.44 bits per heavy atom. The molecule has 1 aliphatic rings. The topological polar surface area (TPSA) is 86.7 Å². The van der Waals surface area contributed by atoms with E-state index in [1.165, 1.54) is 5.56 Å². The fraction of sp³-hybridized carbons (Fsp3) is 0.333. The summed E-state index contributed by atoms with van der Waals surface area (Å²) in [6.07, 6.45) is 4.36. The smallest absolute Gasteiger partial charge is 0.199 e. The maximum atomic E-state index is 9.26. The molecule has 1 fully saturated rings. The standard InChI is InChI=1S/C30H35N5O/c31-17-6-18-33-30(35-19-15-25(16-20-35)21-24-7-2-1-3-8-24)34-28-11-13-29(14-12-28)36-23-27-10-5-4-9-26(27)22-32/h1-5,7-14,25H,6,15-21,23,31H2,(H,33,34). The molecule has 6 nitrogen and oxygen atoms in total. The SMILES string of the molecule is N#Cc1ccccc1COc1ccc(/N=C(\NCCCN)N2CCC(Cc3ccccc3)CC2)cc1. The Kier molecular flexibility index (Phi) is 9.35. The third-order valence-corrected chi connectivity index (χ3v) is 6.55. The summed E-state index contributed by atoms with van der Waals surface area (Å²) in [6.45, 7) is 3.80. The Hall–Kier alpha value is -3.82. The molecule has 0 atom stereocenters. The Bertz CT molecular complexity index is 1150. The molecule has 186 valence electrons. The van der Waals surface area contributed by atoms with Crippen molar-refractivity contribution in [2.45, 2.75) is 32.3 Å². The lowest BCUT2D eigenvalue weighted by Gasteiger charge is -2.34. The van der Waals surface area contributed by atoms with Crippen LogP contribution >= 0.6 is 0 Å². The molecule has 1 heterocycles. The molecule has 0 radical (unpaired) electrons. The molecule has 0 saturated carbocycles. The summed E-state index contributed by atoms with van der Waals surface area (Å²) in [5, 5.41) is 12.8. The van der Waals surface area contributed by atoms with Crippen molar-refractivity contribution in [3.63, 3.8) is 0 Å². The van der Waals surface area contributed by atoms with Crippen molar-refractivity contribution < 1.29 is 4.74 Å². The van der Waals surface area contributed by atoms with Gasteiger partial charge < -0.3 is 20.7 Å². The summed E-state index contributed by atoms with van der Waals surface area (Å²) < 4.78 is 5.91. The molecule has 1 saturated heterocycles. The Labute approximate surface area is 214 Å². The van der Waals surface area contributed by atoms with Crippen LogP contribution in [0.25, 0.3) is 0 Å². The lowest BCUT2D eigenvalue weighted by molar-refractivity contribution is 0.259. The number of hydrogen-bond donors (Lipinski definition) is 2. The molecule has 6 heteroatoms. The number of nitrogens with zero attached hydrogens (tertiary/aromatic N) is 3. The molecule has 3 aromatic rings. The van der Waals surface area contributed by atoms with Gasteiger partial charge in [0.2, 0.25) is 0 Å². The summed E-state index contributed by atoms with van der Waals surface area (Å²) in [7, 11) is 0. The van der Waals surface area contributed by atoms with Crippen molar-refractivity contribution in [3.05, 3.63) is 95.6 Å². The van der Waals surface area contributed by atoms with Gasteiger partial charge in [0.15, 0.2) is 5.96 Å². The zero-order chi connectivity index (χ0) is 25.0. The van der Waals surface area contributed by atoms with Gasteiger partial charge in [0.05, 0.1) is 17.3 Å². The van der Waals surface area contributed by atoms with Crippen LogP contribution in [-0.2, 0) is 13.0 Å². The van der Waals surface area contributed by atoms with E-state index >= 15 is 0 Å². The van der Waals surface area contributed by atoms with Crippen LogP contribution in [0, 0.1) is 17.2 Å². The largest absolute Gasteiger partial charge is 0.489 e. The maximum absolute atomic E-state index is 9.26. The van der Waals surface area contributed by atoms with E-state index in [-0.39, 0.29) is 0 Å². The van der Waals surface area contributed by atoms with Gasteiger partial charge in [-0.25, -0.2) is 4.99 Å². The van der Waals surface area contributed by atoms with Crippen molar-refractivity contribution in [3.8, 4) is 11.8 Å². The maximum Gasteiger partial charge on any atom is 0.199 e. The highest BCUT2D eigenvalue weighted by molar-refractivity contribution is 5.83. The van der Waals surface area contributed by atoms with Crippen LogP contribution in [0.3, 0.4) is 0 Å². The van der Waals surface area contributed by atoms with Gasteiger partial charge in [-0.1, -0.05) is 48.5 Å². The Morgan fingerprint density at radius 1 is 1.00 bits per heavy atom. The molecular weight excluding hydrogens is 446 g/mol. The van der Waals surface area contributed by atoms with Gasteiger partial charge in [0.1, 0.15) is 12.4 Å². The zero-order valence-electron chi connectivity index (χ0n) is 20.8. The zero-order valence-corrected chi connectivity index (χ0v) is 20.8. The number of guanidine groups is 1. The molecule has 4 rings (SSSR count). The predicted molar refractivity (Wildman–Crippen MR) is 145 cm³/mol. The van der Waals surface area contributed by atoms with Crippen molar-refractivity contribution in [1.29, 1.82) is 5.26 Å². The van der Waals surface area contributed by atoms with Gasteiger partial charge in [0.25, 0.3) is 0 Å². The summed E-state index contributed by atoms with van der Waals surface area (Å²) in [5.41, 5.74) is 9.53. The normalized spacial score (nSPS) is 14.3. The Morgan fingerprint density at radius 2 is 1.72 bits per heavy atom. The lowest BCUT2D eigenvalue weighted by atomic mass is 9.90. The first-order chi connectivity index (χ1) is 17.7. The van der Waals surface area contributed by atoms with Crippen LogP contribution in [0.4, 0.5) is 5.69 Å². The second-order valence-electron chi connectivity index (χ2n) is 9.18. The number of benzene rings is 3. The molecule has 1 aliphatic heterocycles. The second kappa shape index (κ2) is 13.3. The van der Waals surface area contributed by atoms with E-state index in [2.05, 4.69) is 46.6 Å². The van der Waals surface area contributed by atoms with Crippen LogP contribution in [0.2, 0.25) is 0 Å². The van der Waals surface area contributed by atoms with Crippen LogP contribution in [0.15, 0.2) is 83.9 Å². The van der Waals surface area contributed by atoms with E-state index in [4.69, 9.17) is 15.5 Å². The molecular formula is C30H35N5O. The van der Waals surface area contributed by atoms with E-state index in [0.717, 1.165) is 68.3 Å². The van der Waals surface area contributed by atoms with E-state index in [0.29, 0.717) is 24.6 Å². The van der Waals surface area contributed by atoms with Gasteiger partial charge in [-0.3, -0.25) is 0 Å². The fourth-order valence-electron chi connectivity index (χ4n) is 4.48. The van der Waals surface area contributed by atoms with Crippen LogP contribution in [0.5, 0.6) is 5.75 Å². The Balaban J connectivity index is 1.37. The minimum atomic E-state index is 0.357. The van der Waals surface area contributed by atoms with Gasteiger partial charge >= 0.3 is 0 Å². The molecule has 3 aromatic carbocycles. The van der Waals surface area contributed by atoms with Crippen molar-refractivity contribution in [2.24, 2.45) is 16.6 Å². The highest BCUT2D eigenvalue weighted by Crippen LogP contribution is 2.24. The van der Waals surface area contributed by atoms with Gasteiger partial charge in [-0.15, -0.1) is 0 Å². The molecule has 0 aromatic heterocycles. The first kappa shape index (κ1) is 25.3. The lowest BCUT2D eigenvalue weighted by Crippen LogP contribution is -2.46. The van der Waals surface area contributed by atoms with Crippen LogP contribution in [-0.4, -0.2) is 37.0 Å². The van der Waals surface area contributed by atoms with E-state index in [1.807, 2.05) is 42.5 Å². The molecule has 0 aliphatic carbocycles. The number of nitrogens with one attached hydrogen (secondary N) is 1. The summed E-state index contributed by atoms with van der Waals surface area (Å²) in [6, 6.07) is 28.3. The number of nitrogens with two attached hydrogens (primary N) is 1. The molecule has 36 heavy (non-hydrogen) atoms.